The molecule has 9 heteroatoms. The molecule has 0 N–H and O–H groups in total. The van der Waals surface area contributed by atoms with Crippen LogP contribution in [0.1, 0.15) is 0 Å². The predicted octanol–water partition coefficient (Wildman–Crippen LogP) is 3.88. The van der Waals surface area contributed by atoms with Gasteiger partial charge in [-0.25, -0.2) is 0 Å². The molecular weight excluding hydrogens is 293 g/mol. The highest BCUT2D eigenvalue weighted by Crippen LogP contribution is 2.36. The van der Waals surface area contributed by atoms with Crippen molar-refractivity contribution in [1.29, 1.82) is 0 Å². The first kappa shape index (κ1) is 12.9. The molecule has 0 radical (unpaired) electrons. The standard InChI is InChI=1S/C9H4ClF3N2O2S/c10-7-8(15-18-14-7)16-5-3-1-2-4-6(5)17-9(11,12)13/h1-4H. The van der Waals surface area contributed by atoms with E-state index in [1.807, 2.05) is 0 Å². The van der Waals surface area contributed by atoms with Gasteiger partial charge in [-0.05, 0) is 12.1 Å². The Balaban J connectivity index is 2.25. The molecule has 0 saturated heterocycles. The third-order valence-electron chi connectivity index (χ3n) is 1.70. The summed E-state index contributed by atoms with van der Waals surface area (Å²) in [5.41, 5.74) is 0. The molecule has 0 unspecified atom stereocenters. The third kappa shape index (κ3) is 3.23. The van der Waals surface area contributed by atoms with Crippen LogP contribution < -0.4 is 9.47 Å². The minimum atomic E-state index is -4.80. The number of hydrogen-bond donors (Lipinski definition) is 0. The number of benzene rings is 1. The Kier molecular flexibility index (Phi) is 3.58. The summed E-state index contributed by atoms with van der Waals surface area (Å²) in [6.07, 6.45) is -4.80. The Morgan fingerprint density at radius 2 is 1.78 bits per heavy atom. The summed E-state index contributed by atoms with van der Waals surface area (Å²) >= 11 is 6.41. The van der Waals surface area contributed by atoms with E-state index in [0.717, 1.165) is 17.8 Å². The largest absolute Gasteiger partial charge is 0.573 e. The van der Waals surface area contributed by atoms with E-state index in [1.165, 1.54) is 18.2 Å². The summed E-state index contributed by atoms with van der Waals surface area (Å²) in [5.74, 6) is -0.696. The van der Waals surface area contributed by atoms with Crippen LogP contribution in [0.15, 0.2) is 24.3 Å². The van der Waals surface area contributed by atoms with Crippen LogP contribution in [0.2, 0.25) is 5.15 Å². The Hall–Kier alpha value is -1.54. The van der Waals surface area contributed by atoms with Crippen molar-refractivity contribution >= 4 is 23.3 Å². The zero-order valence-electron chi connectivity index (χ0n) is 8.44. The molecule has 0 spiro atoms. The molecule has 1 heterocycles. The second kappa shape index (κ2) is 4.99. The van der Waals surface area contributed by atoms with Crippen molar-refractivity contribution in [3.05, 3.63) is 29.4 Å². The Morgan fingerprint density at radius 3 is 2.33 bits per heavy atom. The summed E-state index contributed by atoms with van der Waals surface area (Å²) in [6, 6.07) is 5.30. The maximum atomic E-state index is 12.1. The van der Waals surface area contributed by atoms with Crippen molar-refractivity contribution < 1.29 is 22.6 Å². The molecule has 2 aromatic rings. The topological polar surface area (TPSA) is 44.2 Å². The number of alkyl halides is 3. The Morgan fingerprint density at radius 1 is 1.11 bits per heavy atom. The van der Waals surface area contributed by atoms with Gasteiger partial charge in [0.1, 0.15) is 0 Å². The van der Waals surface area contributed by atoms with Gasteiger partial charge in [-0.3, -0.25) is 0 Å². The van der Waals surface area contributed by atoms with Crippen LogP contribution in [0.5, 0.6) is 17.4 Å². The highest BCUT2D eigenvalue weighted by molar-refractivity contribution is 6.99. The quantitative estimate of drug-likeness (QED) is 0.862. The van der Waals surface area contributed by atoms with Gasteiger partial charge in [-0.2, -0.15) is 4.37 Å². The highest BCUT2D eigenvalue weighted by atomic mass is 35.5. The van der Waals surface area contributed by atoms with Crippen molar-refractivity contribution in [1.82, 2.24) is 8.75 Å². The lowest BCUT2D eigenvalue weighted by atomic mass is 10.3. The number of aromatic nitrogens is 2. The van der Waals surface area contributed by atoms with Crippen molar-refractivity contribution in [2.45, 2.75) is 6.36 Å². The molecular formula is C9H4ClF3N2O2S. The summed E-state index contributed by atoms with van der Waals surface area (Å²) in [4.78, 5) is 0. The molecule has 1 aromatic heterocycles. The number of ether oxygens (including phenoxy) is 2. The number of hydrogen-bond acceptors (Lipinski definition) is 5. The van der Waals surface area contributed by atoms with Crippen molar-refractivity contribution in [3.8, 4) is 17.4 Å². The lowest BCUT2D eigenvalue weighted by Gasteiger charge is -2.12. The summed E-state index contributed by atoms with van der Waals surface area (Å²) < 4.78 is 52.7. The number of nitrogens with zero attached hydrogens (tertiary/aromatic N) is 2. The first-order valence-corrected chi connectivity index (χ1v) is 5.57. The van der Waals surface area contributed by atoms with Gasteiger partial charge in [0.15, 0.2) is 11.5 Å². The average molecular weight is 297 g/mol. The molecule has 96 valence electrons. The molecule has 2 rings (SSSR count). The van der Waals surface area contributed by atoms with Crippen LogP contribution in [-0.4, -0.2) is 15.1 Å². The van der Waals surface area contributed by atoms with Gasteiger partial charge >= 0.3 is 6.36 Å². The predicted molar refractivity (Wildman–Crippen MR) is 58.1 cm³/mol. The number of rotatable bonds is 3. The molecule has 0 atom stereocenters. The fourth-order valence-corrected chi connectivity index (χ4v) is 1.69. The van der Waals surface area contributed by atoms with E-state index >= 15 is 0 Å². The smallest absolute Gasteiger partial charge is 0.432 e. The van der Waals surface area contributed by atoms with Crippen LogP contribution >= 0.6 is 23.3 Å². The molecule has 0 aliphatic heterocycles. The number of para-hydroxylation sites is 2. The fourth-order valence-electron chi connectivity index (χ4n) is 1.08. The molecule has 0 bridgehead atoms. The van der Waals surface area contributed by atoms with Crippen molar-refractivity contribution in [2.75, 3.05) is 0 Å². The zero-order chi connectivity index (χ0) is 13.2. The van der Waals surface area contributed by atoms with E-state index in [2.05, 4.69) is 13.5 Å². The zero-order valence-corrected chi connectivity index (χ0v) is 10.0. The first-order chi connectivity index (χ1) is 8.46. The van der Waals surface area contributed by atoms with Crippen LogP contribution in [0.4, 0.5) is 13.2 Å². The second-order valence-electron chi connectivity index (χ2n) is 2.96. The van der Waals surface area contributed by atoms with E-state index < -0.39 is 12.1 Å². The summed E-state index contributed by atoms with van der Waals surface area (Å²) in [5, 5.41) is -0.0261. The normalized spacial score (nSPS) is 11.3. The van der Waals surface area contributed by atoms with E-state index in [9.17, 15) is 13.2 Å². The van der Waals surface area contributed by atoms with E-state index in [-0.39, 0.29) is 16.8 Å². The van der Waals surface area contributed by atoms with Gasteiger partial charge in [0.2, 0.25) is 5.15 Å². The van der Waals surface area contributed by atoms with Crippen LogP contribution in [-0.2, 0) is 0 Å². The van der Waals surface area contributed by atoms with E-state index in [0.29, 0.717) is 0 Å². The van der Waals surface area contributed by atoms with Crippen LogP contribution in [0, 0.1) is 0 Å². The molecule has 18 heavy (non-hydrogen) atoms. The molecule has 0 aliphatic rings. The minimum Gasteiger partial charge on any atom is -0.432 e. The lowest BCUT2D eigenvalue weighted by molar-refractivity contribution is -0.275. The number of halogens is 4. The molecule has 1 aromatic carbocycles. The molecule has 0 amide bonds. The van der Waals surface area contributed by atoms with Crippen LogP contribution in [0.25, 0.3) is 0 Å². The van der Waals surface area contributed by atoms with Gasteiger partial charge in [0, 0.05) is 0 Å². The second-order valence-corrected chi connectivity index (χ2v) is 3.84. The van der Waals surface area contributed by atoms with Gasteiger partial charge in [0.25, 0.3) is 5.88 Å². The van der Waals surface area contributed by atoms with Crippen LogP contribution in [0.3, 0.4) is 0 Å². The summed E-state index contributed by atoms with van der Waals surface area (Å²) in [6.45, 7) is 0. The maximum Gasteiger partial charge on any atom is 0.573 e. The monoisotopic (exact) mass is 296 g/mol. The molecule has 4 nitrogen and oxygen atoms in total. The van der Waals surface area contributed by atoms with Gasteiger partial charge < -0.3 is 9.47 Å². The SMILES string of the molecule is FC(F)(F)Oc1ccccc1Oc1nsnc1Cl. The average Bonchev–Trinajstić information content (AvgIpc) is 2.65. The first-order valence-electron chi connectivity index (χ1n) is 4.46. The maximum absolute atomic E-state index is 12.1. The van der Waals surface area contributed by atoms with Gasteiger partial charge in [0.05, 0.1) is 11.7 Å². The third-order valence-corrected chi connectivity index (χ3v) is 2.56. The lowest BCUT2D eigenvalue weighted by Crippen LogP contribution is -2.17. The molecule has 0 fully saturated rings. The Labute approximate surface area is 108 Å². The Bertz CT molecular complexity index is 547. The fraction of sp³-hybridized carbons (Fsp3) is 0.111. The van der Waals surface area contributed by atoms with E-state index in [1.54, 1.807) is 0 Å². The summed E-state index contributed by atoms with van der Waals surface area (Å²) in [7, 11) is 0. The van der Waals surface area contributed by atoms with Gasteiger partial charge in [-0.15, -0.1) is 17.5 Å². The van der Waals surface area contributed by atoms with Crippen molar-refractivity contribution in [2.24, 2.45) is 0 Å². The minimum absolute atomic E-state index is 0.0261. The van der Waals surface area contributed by atoms with Gasteiger partial charge in [-0.1, -0.05) is 23.7 Å². The van der Waals surface area contributed by atoms with E-state index in [4.69, 9.17) is 16.3 Å². The molecule has 0 aliphatic carbocycles. The highest BCUT2D eigenvalue weighted by Gasteiger charge is 2.32. The van der Waals surface area contributed by atoms with Crippen molar-refractivity contribution in [3.63, 3.8) is 0 Å². The molecule has 0 saturated carbocycles.